The molecular weight excluding hydrogens is 212 g/mol. The van der Waals surface area contributed by atoms with E-state index in [0.717, 1.165) is 0 Å². The highest BCUT2D eigenvalue weighted by atomic mass is 35.5. The monoisotopic (exact) mass is 221 g/mol. The highest BCUT2D eigenvalue weighted by Crippen LogP contribution is 2.38. The number of hydrogen-bond acceptors (Lipinski definition) is 3. The van der Waals surface area contributed by atoms with Crippen LogP contribution in [0.2, 0.25) is 0 Å². The van der Waals surface area contributed by atoms with Gasteiger partial charge in [0.15, 0.2) is 0 Å². The van der Waals surface area contributed by atoms with E-state index in [-0.39, 0.29) is 25.0 Å². The molecule has 0 bridgehead atoms. The third kappa shape index (κ3) is 7.06. The zero-order valence-corrected chi connectivity index (χ0v) is 8.24. The average Bonchev–Trinajstić information content (AvgIpc) is 1.97. The van der Waals surface area contributed by atoms with E-state index >= 15 is 0 Å². The van der Waals surface area contributed by atoms with Gasteiger partial charge in [0, 0.05) is 11.8 Å². The molecule has 0 spiro atoms. The van der Waals surface area contributed by atoms with Crippen molar-refractivity contribution in [1.29, 1.82) is 0 Å². The number of halogens is 2. The van der Waals surface area contributed by atoms with Crippen molar-refractivity contribution in [3.63, 3.8) is 0 Å². The predicted molar refractivity (Wildman–Crippen MR) is 45.1 cm³/mol. The van der Waals surface area contributed by atoms with Gasteiger partial charge in [-0.25, -0.2) is 10.1 Å². The van der Waals surface area contributed by atoms with Gasteiger partial charge in [0.25, 0.3) is 0 Å². The summed E-state index contributed by atoms with van der Waals surface area (Å²) in [6.07, 6.45) is 0. The second-order valence-corrected chi connectivity index (χ2v) is 3.94. The first-order chi connectivity index (χ1) is 5.12. The summed E-state index contributed by atoms with van der Waals surface area (Å²) in [6, 6.07) is 0. The summed E-state index contributed by atoms with van der Waals surface area (Å²) in [6.45, 7) is 0.217. The van der Waals surface area contributed by atoms with Crippen molar-refractivity contribution >= 4 is 30.9 Å². The minimum atomic E-state index is -3.39. The minimum Gasteiger partial charge on any atom is -0.296 e. The van der Waals surface area contributed by atoms with Crippen LogP contribution in [-0.4, -0.2) is 25.0 Å². The van der Waals surface area contributed by atoms with E-state index in [1.165, 1.54) is 0 Å². The average molecular weight is 222 g/mol. The summed E-state index contributed by atoms with van der Waals surface area (Å²) in [5.41, 5.74) is 5.08. The fraction of sp³-hybridized carbons (Fsp3) is 1.00. The zero-order chi connectivity index (χ0) is 8.74. The van der Waals surface area contributed by atoms with Crippen molar-refractivity contribution in [2.75, 3.05) is 25.0 Å². The molecule has 4 nitrogen and oxygen atoms in total. The number of hydrogen-bond donors (Lipinski definition) is 1. The normalized spacial score (nSPS) is 11.9. The first-order valence-corrected chi connectivity index (χ1v) is 5.60. The van der Waals surface area contributed by atoms with Crippen LogP contribution in [0.25, 0.3) is 0 Å². The maximum atomic E-state index is 10.9. The highest BCUT2D eigenvalue weighted by molar-refractivity contribution is 7.51. The fourth-order valence-electron chi connectivity index (χ4n) is 0.361. The molecule has 0 aromatic carbocycles. The summed E-state index contributed by atoms with van der Waals surface area (Å²) in [5.74, 6) is 0.455. The highest BCUT2D eigenvalue weighted by Gasteiger charge is 2.16. The van der Waals surface area contributed by atoms with Crippen LogP contribution in [0.1, 0.15) is 0 Å². The third-order valence-corrected chi connectivity index (χ3v) is 2.09. The second-order valence-electron chi connectivity index (χ2n) is 1.58. The van der Waals surface area contributed by atoms with Crippen LogP contribution < -0.4 is 5.50 Å². The second kappa shape index (κ2) is 6.23. The summed E-state index contributed by atoms with van der Waals surface area (Å²) < 4.78 is 20.2. The molecular formula is C4H10Cl2NO3P. The van der Waals surface area contributed by atoms with E-state index in [2.05, 4.69) is 9.05 Å². The van der Waals surface area contributed by atoms with Gasteiger partial charge < -0.3 is 0 Å². The van der Waals surface area contributed by atoms with Gasteiger partial charge in [-0.05, 0) is 0 Å². The Morgan fingerprint density at radius 2 is 1.55 bits per heavy atom. The van der Waals surface area contributed by atoms with Crippen LogP contribution in [-0.2, 0) is 13.6 Å². The Morgan fingerprint density at radius 1 is 1.18 bits per heavy atom. The molecule has 0 aliphatic rings. The molecule has 0 aromatic heterocycles. The summed E-state index contributed by atoms with van der Waals surface area (Å²) in [5, 5.41) is 0. The van der Waals surface area contributed by atoms with E-state index in [0.29, 0.717) is 0 Å². The van der Waals surface area contributed by atoms with Gasteiger partial charge in [0.2, 0.25) is 0 Å². The summed E-state index contributed by atoms with van der Waals surface area (Å²) in [7, 11) is -3.39. The van der Waals surface area contributed by atoms with E-state index in [4.69, 9.17) is 28.7 Å². The third-order valence-electron chi connectivity index (χ3n) is 0.697. The Balaban J connectivity index is 3.53. The molecule has 0 unspecified atom stereocenters. The van der Waals surface area contributed by atoms with Gasteiger partial charge in [-0.1, -0.05) is 0 Å². The lowest BCUT2D eigenvalue weighted by Gasteiger charge is -2.10. The standard InChI is InChI=1S/C4H10Cl2NO3P/c5-1-3-9-11(7,8)10-4-2-6/h1-4H2,(H2,7,8). The Labute approximate surface area is 75.5 Å². The van der Waals surface area contributed by atoms with Crippen molar-refractivity contribution in [3.8, 4) is 0 Å². The number of nitrogens with two attached hydrogens (primary N) is 1. The van der Waals surface area contributed by atoms with E-state index in [9.17, 15) is 4.57 Å². The molecule has 0 radical (unpaired) electrons. The lowest BCUT2D eigenvalue weighted by molar-refractivity contribution is 0.222. The zero-order valence-electron chi connectivity index (χ0n) is 5.83. The van der Waals surface area contributed by atoms with Crippen LogP contribution in [0.3, 0.4) is 0 Å². The quantitative estimate of drug-likeness (QED) is 0.547. The van der Waals surface area contributed by atoms with Crippen molar-refractivity contribution < 1.29 is 13.6 Å². The Bertz CT molecular complexity index is 133. The molecule has 0 aliphatic heterocycles. The molecule has 0 saturated carbocycles. The summed E-state index contributed by atoms with van der Waals surface area (Å²) in [4.78, 5) is 0. The molecule has 0 aromatic rings. The van der Waals surface area contributed by atoms with Gasteiger partial charge >= 0.3 is 7.75 Å². The predicted octanol–water partition coefficient (Wildman–Crippen LogP) is 1.56. The van der Waals surface area contributed by atoms with Crippen molar-refractivity contribution in [2.45, 2.75) is 0 Å². The number of rotatable bonds is 6. The maximum Gasteiger partial charge on any atom is 0.402 e. The molecule has 11 heavy (non-hydrogen) atoms. The SMILES string of the molecule is NP(=O)(OCCCl)OCCCl. The van der Waals surface area contributed by atoms with Gasteiger partial charge in [-0.15, -0.1) is 23.2 Å². The molecule has 0 heterocycles. The molecule has 0 fully saturated rings. The molecule has 0 aliphatic carbocycles. The van der Waals surface area contributed by atoms with Crippen molar-refractivity contribution in [3.05, 3.63) is 0 Å². The van der Waals surface area contributed by atoms with E-state index in [1.807, 2.05) is 0 Å². The van der Waals surface area contributed by atoms with Gasteiger partial charge in [0.05, 0.1) is 13.2 Å². The van der Waals surface area contributed by atoms with Crippen molar-refractivity contribution in [1.82, 2.24) is 0 Å². The first-order valence-electron chi connectivity index (χ1n) is 2.92. The number of alkyl halides is 2. The minimum absolute atomic E-state index is 0.109. The van der Waals surface area contributed by atoms with Crippen molar-refractivity contribution in [2.24, 2.45) is 5.50 Å². The van der Waals surface area contributed by atoms with E-state index in [1.54, 1.807) is 0 Å². The van der Waals surface area contributed by atoms with Crippen LogP contribution in [0.15, 0.2) is 0 Å². The Hall–Kier alpha value is 0.690. The molecule has 0 saturated heterocycles. The van der Waals surface area contributed by atoms with Gasteiger partial charge in [-0.3, -0.25) is 9.05 Å². The van der Waals surface area contributed by atoms with Crippen LogP contribution in [0.5, 0.6) is 0 Å². The van der Waals surface area contributed by atoms with E-state index < -0.39 is 7.75 Å². The molecule has 2 N–H and O–H groups in total. The molecule has 0 amide bonds. The Morgan fingerprint density at radius 3 is 1.82 bits per heavy atom. The molecule has 0 rings (SSSR count). The largest absolute Gasteiger partial charge is 0.402 e. The topological polar surface area (TPSA) is 61.6 Å². The fourth-order valence-corrected chi connectivity index (χ4v) is 1.50. The van der Waals surface area contributed by atoms with Gasteiger partial charge in [-0.2, -0.15) is 0 Å². The first kappa shape index (κ1) is 11.7. The smallest absolute Gasteiger partial charge is 0.296 e. The van der Waals surface area contributed by atoms with Crippen LogP contribution >= 0.6 is 30.9 Å². The lowest BCUT2D eigenvalue weighted by atomic mass is 10.9. The lowest BCUT2D eigenvalue weighted by Crippen LogP contribution is -2.07. The molecule has 68 valence electrons. The van der Waals surface area contributed by atoms with Crippen LogP contribution in [0, 0.1) is 0 Å². The molecule has 7 heteroatoms. The summed E-state index contributed by atoms with van der Waals surface area (Å²) >= 11 is 10.5. The van der Waals surface area contributed by atoms with Crippen LogP contribution in [0.4, 0.5) is 0 Å². The maximum absolute atomic E-state index is 10.9. The Kier molecular flexibility index (Phi) is 6.62. The molecule has 0 atom stereocenters. The van der Waals surface area contributed by atoms with Gasteiger partial charge in [0.1, 0.15) is 0 Å².